The first-order valence-electron chi connectivity index (χ1n) is 12.0. The summed E-state index contributed by atoms with van der Waals surface area (Å²) in [6.45, 7) is 3.32. The van der Waals surface area contributed by atoms with Crippen LogP contribution in [0.1, 0.15) is 12.5 Å². The molecular weight excluding hydrogens is 532 g/mol. The molecule has 3 N–H and O–H groups in total. The largest absolute Gasteiger partial charge is 0.486 e. The highest BCUT2D eigenvalue weighted by atomic mass is 35.5. The van der Waals surface area contributed by atoms with Crippen LogP contribution in [-0.4, -0.2) is 70.2 Å². The van der Waals surface area contributed by atoms with Crippen LogP contribution in [0.25, 0.3) is 0 Å². The molecule has 0 atom stereocenters. The summed E-state index contributed by atoms with van der Waals surface area (Å²) in [5.74, 6) is 1.34. The summed E-state index contributed by atoms with van der Waals surface area (Å²) in [6.07, 6.45) is 3.37. The van der Waals surface area contributed by atoms with Gasteiger partial charge in [0.05, 0.1) is 24.7 Å². The van der Waals surface area contributed by atoms with E-state index in [-0.39, 0.29) is 29.7 Å². The van der Waals surface area contributed by atoms with E-state index < -0.39 is 10.0 Å². The number of rotatable bonds is 10. The summed E-state index contributed by atoms with van der Waals surface area (Å²) in [6, 6.07) is 9.29. The van der Waals surface area contributed by atoms with Gasteiger partial charge >= 0.3 is 0 Å². The molecule has 4 rings (SSSR count). The van der Waals surface area contributed by atoms with E-state index in [1.807, 2.05) is 30.1 Å². The molecular formula is C25H31ClN6O5S. The van der Waals surface area contributed by atoms with Gasteiger partial charge in [-0.25, -0.2) is 13.4 Å². The van der Waals surface area contributed by atoms with Gasteiger partial charge in [0.25, 0.3) is 0 Å². The maximum atomic E-state index is 12.4. The topological polar surface area (TPSA) is 129 Å². The number of aliphatic hydroxyl groups is 1. The number of nitrogens with zero attached hydrogens (tertiary/aromatic N) is 4. The van der Waals surface area contributed by atoms with Crippen LogP contribution in [-0.2, 0) is 16.4 Å². The van der Waals surface area contributed by atoms with Gasteiger partial charge in [-0.1, -0.05) is 18.5 Å². The second-order valence-corrected chi connectivity index (χ2v) is 11.1. The fourth-order valence-corrected chi connectivity index (χ4v) is 4.69. The van der Waals surface area contributed by atoms with Gasteiger partial charge in [0.2, 0.25) is 16.0 Å². The number of benzene rings is 2. The number of likely N-dealkylation sites (N-methyl/N-ethyl adjacent to an activating group) is 1. The van der Waals surface area contributed by atoms with E-state index in [1.165, 1.54) is 13.2 Å². The smallest absolute Gasteiger partial charge is 0.232 e. The number of fused-ring (bicyclic) bond motifs is 1. The lowest BCUT2D eigenvalue weighted by Gasteiger charge is -2.27. The summed E-state index contributed by atoms with van der Waals surface area (Å²) in [4.78, 5) is 10.8. The van der Waals surface area contributed by atoms with Crippen LogP contribution in [0.3, 0.4) is 0 Å². The molecule has 2 heterocycles. The van der Waals surface area contributed by atoms with Crippen molar-refractivity contribution >= 4 is 56.1 Å². The highest BCUT2D eigenvalue weighted by Gasteiger charge is 2.27. The molecule has 38 heavy (non-hydrogen) atoms. The minimum Gasteiger partial charge on any atom is -0.486 e. The summed E-state index contributed by atoms with van der Waals surface area (Å²) in [7, 11) is -0.245. The average Bonchev–Trinajstić information content (AvgIpc) is 2.89. The van der Waals surface area contributed by atoms with Gasteiger partial charge in [-0.05, 0) is 42.3 Å². The second-order valence-electron chi connectivity index (χ2n) is 8.70. The number of aryl methyl sites for hydroxylation is 1. The molecule has 2 aromatic carbocycles. The maximum Gasteiger partial charge on any atom is 0.232 e. The maximum absolute atomic E-state index is 12.4. The third kappa shape index (κ3) is 5.98. The number of hydrogen-bond donors (Lipinski definition) is 3. The molecule has 13 heteroatoms. The van der Waals surface area contributed by atoms with E-state index in [4.69, 9.17) is 21.1 Å². The van der Waals surface area contributed by atoms with Crippen LogP contribution >= 0.6 is 11.6 Å². The Morgan fingerprint density at radius 1 is 1.13 bits per heavy atom. The Hall–Kier alpha value is -3.48. The van der Waals surface area contributed by atoms with E-state index in [2.05, 4.69) is 27.5 Å². The number of ether oxygens (including phenoxy) is 2. The zero-order chi connectivity index (χ0) is 27.4. The fraction of sp³-hybridized carbons (Fsp3) is 0.360. The zero-order valence-corrected chi connectivity index (χ0v) is 23.2. The molecule has 0 unspecified atom stereocenters. The quantitative estimate of drug-likeness (QED) is 0.336. The van der Waals surface area contributed by atoms with Crippen molar-refractivity contribution in [2.75, 3.05) is 66.6 Å². The van der Waals surface area contributed by atoms with E-state index in [1.54, 1.807) is 12.1 Å². The van der Waals surface area contributed by atoms with Crippen molar-refractivity contribution in [1.29, 1.82) is 0 Å². The van der Waals surface area contributed by atoms with Gasteiger partial charge in [0.1, 0.15) is 23.9 Å². The molecule has 0 saturated heterocycles. The molecule has 0 radical (unpaired) electrons. The Kier molecular flexibility index (Phi) is 8.34. The zero-order valence-electron chi connectivity index (χ0n) is 21.7. The Morgan fingerprint density at radius 3 is 2.61 bits per heavy atom. The van der Waals surface area contributed by atoms with Gasteiger partial charge in [-0.15, -0.1) is 0 Å². The Labute approximate surface area is 227 Å². The normalized spacial score (nSPS) is 12.7. The number of sulfonamides is 1. The van der Waals surface area contributed by atoms with Crippen LogP contribution in [0, 0.1) is 0 Å². The summed E-state index contributed by atoms with van der Waals surface area (Å²) >= 11 is 6.42. The number of hydrogen-bond acceptors (Lipinski definition) is 10. The minimum absolute atomic E-state index is 0.0686. The van der Waals surface area contributed by atoms with Gasteiger partial charge in [0.15, 0.2) is 17.3 Å². The molecule has 0 saturated carbocycles. The highest BCUT2D eigenvalue weighted by Crippen LogP contribution is 2.46. The molecule has 204 valence electrons. The lowest BCUT2D eigenvalue weighted by molar-refractivity contribution is 0.172. The summed E-state index contributed by atoms with van der Waals surface area (Å²) < 4.78 is 37.4. The molecule has 1 aromatic heterocycles. The van der Waals surface area contributed by atoms with Crippen LogP contribution in [0.5, 0.6) is 11.5 Å². The van der Waals surface area contributed by atoms with Gasteiger partial charge in [-0.2, -0.15) is 4.98 Å². The average molecular weight is 563 g/mol. The van der Waals surface area contributed by atoms with Crippen LogP contribution < -0.4 is 29.3 Å². The third-order valence-corrected chi connectivity index (χ3v) is 7.51. The van der Waals surface area contributed by atoms with Crippen LogP contribution in [0.4, 0.5) is 34.5 Å². The SMILES string of the molecule is CCc1cc(Nc2ncc(Cl)c(Nc3ccc4c(c3N(C)S(C)(=O)=O)OCCO4)n2)ccc1N(C)CCO. The summed E-state index contributed by atoms with van der Waals surface area (Å²) in [5, 5.41) is 15.9. The molecule has 3 aromatic rings. The number of halogens is 1. The molecule has 1 aliphatic heterocycles. The number of anilines is 6. The van der Waals surface area contributed by atoms with Crippen LogP contribution in [0.2, 0.25) is 5.02 Å². The molecule has 0 amide bonds. The monoisotopic (exact) mass is 562 g/mol. The van der Waals surface area contributed by atoms with Crippen LogP contribution in [0.15, 0.2) is 36.5 Å². The fourth-order valence-electron chi connectivity index (χ4n) is 4.04. The van der Waals surface area contributed by atoms with Crippen molar-refractivity contribution in [3.63, 3.8) is 0 Å². The van der Waals surface area contributed by atoms with Crippen molar-refractivity contribution in [2.24, 2.45) is 0 Å². The predicted molar refractivity (Wildman–Crippen MR) is 150 cm³/mol. The minimum atomic E-state index is -3.62. The van der Waals surface area contributed by atoms with Gasteiger partial charge in [0, 0.05) is 32.0 Å². The van der Waals surface area contributed by atoms with Gasteiger partial charge < -0.3 is 30.1 Å². The first-order valence-corrected chi connectivity index (χ1v) is 14.2. The lowest BCUT2D eigenvalue weighted by atomic mass is 10.1. The first-order chi connectivity index (χ1) is 18.1. The second kappa shape index (κ2) is 11.5. The predicted octanol–water partition coefficient (Wildman–Crippen LogP) is 3.78. The van der Waals surface area contributed by atoms with E-state index in [0.717, 1.165) is 33.9 Å². The van der Waals surface area contributed by atoms with Crippen molar-refractivity contribution in [1.82, 2.24) is 9.97 Å². The Balaban J connectivity index is 1.66. The Morgan fingerprint density at radius 2 is 1.89 bits per heavy atom. The molecule has 0 spiro atoms. The van der Waals surface area contributed by atoms with Crippen molar-refractivity contribution in [3.05, 3.63) is 47.1 Å². The van der Waals surface area contributed by atoms with E-state index in [0.29, 0.717) is 36.3 Å². The van der Waals surface area contributed by atoms with E-state index in [9.17, 15) is 13.5 Å². The third-order valence-electron chi connectivity index (χ3n) is 6.06. The number of aromatic nitrogens is 2. The molecule has 0 aliphatic carbocycles. The highest BCUT2D eigenvalue weighted by molar-refractivity contribution is 7.92. The van der Waals surface area contributed by atoms with Crippen molar-refractivity contribution < 1.29 is 23.0 Å². The number of aliphatic hydroxyl groups excluding tert-OH is 1. The van der Waals surface area contributed by atoms with Crippen molar-refractivity contribution in [3.8, 4) is 11.5 Å². The number of nitrogens with one attached hydrogen (secondary N) is 2. The standard InChI is InChI=1S/C25H31ClN6O5S/c1-5-16-14-17(6-8-20(16)31(2)10-11-33)28-25-27-15-18(26)24(30-25)29-19-7-9-21-23(37-13-12-36-21)22(19)32(3)38(4,34)35/h6-9,14-15,33H,5,10-13H2,1-4H3,(H2,27,28,29,30). The molecule has 1 aliphatic rings. The first kappa shape index (κ1) is 27.6. The van der Waals surface area contributed by atoms with Gasteiger partial charge in [-0.3, -0.25) is 4.31 Å². The lowest BCUT2D eigenvalue weighted by Crippen LogP contribution is -2.27. The summed E-state index contributed by atoms with van der Waals surface area (Å²) in [5.41, 5.74) is 3.62. The molecule has 0 fully saturated rings. The van der Waals surface area contributed by atoms with Crippen molar-refractivity contribution in [2.45, 2.75) is 13.3 Å². The molecule has 11 nitrogen and oxygen atoms in total. The Bertz CT molecular complexity index is 1420. The molecule has 0 bridgehead atoms. The van der Waals surface area contributed by atoms with E-state index >= 15 is 0 Å².